The lowest BCUT2D eigenvalue weighted by Gasteiger charge is -2.38. The molecule has 34 heavy (non-hydrogen) atoms. The highest BCUT2D eigenvalue weighted by Crippen LogP contribution is 2.37. The van der Waals surface area contributed by atoms with E-state index in [0.717, 1.165) is 6.07 Å². The summed E-state index contributed by atoms with van der Waals surface area (Å²) in [7, 11) is 1.25. The van der Waals surface area contributed by atoms with Gasteiger partial charge in [0.25, 0.3) is 0 Å². The van der Waals surface area contributed by atoms with Crippen LogP contribution >= 0.6 is 0 Å². The normalized spacial score (nSPS) is 24.6. The van der Waals surface area contributed by atoms with Gasteiger partial charge in [-0.3, -0.25) is 4.79 Å². The minimum atomic E-state index is -1.91. The Hall–Kier alpha value is -3.84. The molecule has 1 fully saturated rings. The molecule has 0 radical (unpaired) electrons. The number of carbonyl (C=O) groups is 1. The highest BCUT2D eigenvalue weighted by molar-refractivity contribution is 5.88. The largest absolute Gasteiger partial charge is 0.508 e. The number of hydrogen-bond donors (Lipinski definition) is 6. The fraction of sp³-hybridized carbons (Fsp3) is 0.273. The Morgan fingerprint density at radius 3 is 2.29 bits per heavy atom. The van der Waals surface area contributed by atoms with Gasteiger partial charge in [0.1, 0.15) is 46.5 Å². The number of carboxylic acids is 1. The van der Waals surface area contributed by atoms with Crippen molar-refractivity contribution in [2.24, 2.45) is 0 Å². The van der Waals surface area contributed by atoms with Crippen LogP contribution in [-0.4, -0.2) is 74.4 Å². The topological polar surface area (TPSA) is 196 Å². The monoisotopic (exact) mass is 476 g/mol. The molecule has 0 unspecified atom stereocenters. The summed E-state index contributed by atoms with van der Waals surface area (Å²) in [6.45, 7) is 0. The van der Waals surface area contributed by atoms with E-state index in [1.807, 2.05) is 0 Å². The minimum Gasteiger partial charge on any atom is -0.508 e. The molecule has 4 rings (SSSR count). The zero-order valence-electron chi connectivity index (χ0n) is 17.5. The predicted molar refractivity (Wildman–Crippen MR) is 113 cm³/mol. The first-order valence-electron chi connectivity index (χ1n) is 9.88. The summed E-state index contributed by atoms with van der Waals surface area (Å²) < 4.78 is 21.5. The number of aliphatic hydroxyl groups is 3. The van der Waals surface area contributed by atoms with E-state index < -0.39 is 47.9 Å². The Morgan fingerprint density at radius 1 is 1.00 bits per heavy atom. The highest BCUT2D eigenvalue weighted by Gasteiger charge is 2.48. The number of fused-ring (bicyclic) bond motifs is 1. The molecular weight excluding hydrogens is 456 g/mol. The van der Waals surface area contributed by atoms with Gasteiger partial charge in [-0.2, -0.15) is 0 Å². The number of rotatable bonds is 5. The van der Waals surface area contributed by atoms with Gasteiger partial charge in [-0.25, -0.2) is 4.79 Å². The van der Waals surface area contributed by atoms with E-state index in [1.54, 1.807) is 0 Å². The second kappa shape index (κ2) is 8.83. The summed E-state index contributed by atoms with van der Waals surface area (Å²) in [5, 5.41) is 58.8. The zero-order chi connectivity index (χ0) is 24.7. The molecule has 0 spiro atoms. The minimum absolute atomic E-state index is 0.00464. The molecule has 0 saturated carbocycles. The van der Waals surface area contributed by atoms with E-state index in [2.05, 4.69) is 0 Å². The molecule has 0 bridgehead atoms. The van der Waals surface area contributed by atoms with E-state index in [9.17, 15) is 35.1 Å². The number of phenols is 2. The Labute approximate surface area is 190 Å². The van der Waals surface area contributed by atoms with Gasteiger partial charge in [-0.05, 0) is 24.3 Å². The molecule has 5 atom stereocenters. The van der Waals surface area contributed by atoms with Crippen LogP contribution in [0.2, 0.25) is 0 Å². The first-order chi connectivity index (χ1) is 16.1. The number of carboxylic acid groups (broad SMARTS) is 1. The van der Waals surface area contributed by atoms with Crippen molar-refractivity contribution < 1.29 is 54.1 Å². The maximum Gasteiger partial charge on any atom is 0.335 e. The molecule has 12 heteroatoms. The number of benzene rings is 2. The molecule has 1 saturated heterocycles. The average molecular weight is 476 g/mol. The summed E-state index contributed by atoms with van der Waals surface area (Å²) >= 11 is 0. The molecule has 1 aromatic heterocycles. The fourth-order valence-corrected chi connectivity index (χ4v) is 3.60. The third kappa shape index (κ3) is 3.99. The molecule has 180 valence electrons. The molecule has 1 aliphatic heterocycles. The zero-order valence-corrected chi connectivity index (χ0v) is 17.5. The molecule has 3 aromatic rings. The number of aromatic hydroxyl groups is 2. The Morgan fingerprint density at radius 2 is 1.68 bits per heavy atom. The van der Waals surface area contributed by atoms with Gasteiger partial charge in [0.15, 0.2) is 11.9 Å². The average Bonchev–Trinajstić information content (AvgIpc) is 2.79. The maximum atomic E-state index is 13.0. The van der Waals surface area contributed by atoms with Crippen LogP contribution < -0.4 is 14.9 Å². The lowest BCUT2D eigenvalue weighted by molar-refractivity contribution is -0.271. The summed E-state index contributed by atoms with van der Waals surface area (Å²) in [4.78, 5) is 24.3. The third-order valence-corrected chi connectivity index (χ3v) is 5.31. The van der Waals surface area contributed by atoms with Gasteiger partial charge in [0.2, 0.25) is 17.5 Å². The predicted octanol–water partition coefficient (Wildman–Crippen LogP) is 0.151. The second-order valence-corrected chi connectivity index (χ2v) is 7.51. The van der Waals surface area contributed by atoms with Gasteiger partial charge < -0.3 is 49.3 Å². The number of phenolic OH excluding ortho intramolecular Hbond substituents is 2. The summed E-state index contributed by atoms with van der Waals surface area (Å²) in [6, 6.07) is 7.89. The van der Waals surface area contributed by atoms with E-state index >= 15 is 0 Å². The first-order valence-corrected chi connectivity index (χ1v) is 9.88. The van der Waals surface area contributed by atoms with Gasteiger partial charge in [0, 0.05) is 17.7 Å². The van der Waals surface area contributed by atoms with Crippen molar-refractivity contribution in [2.45, 2.75) is 30.7 Å². The summed E-state index contributed by atoms with van der Waals surface area (Å²) in [6.07, 6.45) is -9.26. The van der Waals surface area contributed by atoms with Crippen LogP contribution in [0.25, 0.3) is 22.3 Å². The molecule has 1 aliphatic rings. The first kappa shape index (κ1) is 23.3. The number of hydrogen-bond acceptors (Lipinski definition) is 11. The van der Waals surface area contributed by atoms with Gasteiger partial charge in [-0.1, -0.05) is 0 Å². The highest BCUT2D eigenvalue weighted by atomic mass is 16.7. The molecule has 0 amide bonds. The number of ether oxygens (including phenoxy) is 3. The van der Waals surface area contributed by atoms with Gasteiger partial charge >= 0.3 is 5.97 Å². The fourth-order valence-electron chi connectivity index (χ4n) is 3.60. The summed E-state index contributed by atoms with van der Waals surface area (Å²) in [5.41, 5.74) is -0.467. The van der Waals surface area contributed by atoms with Gasteiger partial charge in [0.05, 0.1) is 7.11 Å². The van der Waals surface area contributed by atoms with Crippen molar-refractivity contribution in [1.82, 2.24) is 0 Å². The Balaban J connectivity index is 1.78. The van der Waals surface area contributed by atoms with Crippen LogP contribution in [-0.2, 0) is 9.53 Å². The van der Waals surface area contributed by atoms with Crippen molar-refractivity contribution in [2.75, 3.05) is 7.11 Å². The van der Waals surface area contributed by atoms with E-state index in [1.165, 1.54) is 37.4 Å². The molecule has 2 heterocycles. The van der Waals surface area contributed by atoms with Crippen LogP contribution in [0, 0.1) is 0 Å². The van der Waals surface area contributed by atoms with Crippen molar-refractivity contribution in [3.8, 4) is 34.3 Å². The molecule has 0 aliphatic carbocycles. The number of aliphatic hydroxyl groups excluding tert-OH is 3. The Bertz CT molecular complexity index is 1280. The van der Waals surface area contributed by atoms with Crippen molar-refractivity contribution >= 4 is 16.9 Å². The lowest BCUT2D eigenvalue weighted by Crippen LogP contribution is -2.61. The molecular formula is C22H20O12. The molecule has 12 nitrogen and oxygen atoms in total. The van der Waals surface area contributed by atoms with Crippen LogP contribution in [0.3, 0.4) is 0 Å². The smallest absolute Gasteiger partial charge is 0.335 e. The third-order valence-electron chi connectivity index (χ3n) is 5.31. The van der Waals surface area contributed by atoms with Crippen molar-refractivity contribution in [3.05, 3.63) is 46.6 Å². The second-order valence-electron chi connectivity index (χ2n) is 7.51. The van der Waals surface area contributed by atoms with Crippen LogP contribution in [0.5, 0.6) is 23.0 Å². The van der Waals surface area contributed by atoms with Crippen LogP contribution in [0.4, 0.5) is 0 Å². The van der Waals surface area contributed by atoms with Crippen LogP contribution in [0.1, 0.15) is 0 Å². The van der Waals surface area contributed by atoms with Crippen molar-refractivity contribution in [1.29, 1.82) is 0 Å². The number of aliphatic carboxylic acids is 1. The number of methoxy groups -OCH3 is 1. The lowest BCUT2D eigenvalue weighted by atomic mass is 9.99. The van der Waals surface area contributed by atoms with Gasteiger partial charge in [-0.15, -0.1) is 0 Å². The maximum absolute atomic E-state index is 13.0. The van der Waals surface area contributed by atoms with Crippen LogP contribution in [0.15, 0.2) is 45.6 Å². The summed E-state index contributed by atoms with van der Waals surface area (Å²) in [5.74, 6) is -2.59. The Kier molecular flexibility index (Phi) is 6.06. The molecule has 6 N–H and O–H groups in total. The van der Waals surface area contributed by atoms with Crippen molar-refractivity contribution in [3.63, 3.8) is 0 Å². The van der Waals surface area contributed by atoms with E-state index in [-0.39, 0.29) is 34.0 Å². The van der Waals surface area contributed by atoms with E-state index in [4.69, 9.17) is 23.7 Å². The standard InChI is InChI=1S/C22H20O12/c1-31-19-14(25)13-11(24)6-10(7-12(13)33-18(19)8-2-4-9(23)5-3-8)32-22-17(28)15(26)16(27)20(34-22)21(29)30/h2-7,15-17,20,22-24,26-28H,1H3,(H,29,30)/t15-,16-,17+,20-,22+/m0/s1. The van der Waals surface area contributed by atoms with E-state index in [0.29, 0.717) is 5.56 Å². The molecule has 2 aromatic carbocycles. The quantitative estimate of drug-likeness (QED) is 0.292. The SMILES string of the molecule is COc1c(-c2ccc(O)cc2)oc2cc(O[C@@H]3O[C@H](C(=O)O)[C@@H](O)[C@H](O)[C@H]3O)cc(O)c2c1=O.